The summed E-state index contributed by atoms with van der Waals surface area (Å²) in [4.78, 5) is 21.9. The molecule has 70 valence electrons. The molecule has 0 aliphatic heterocycles. The molecule has 1 atom stereocenters. The van der Waals surface area contributed by atoms with Crippen LogP contribution in [-0.4, -0.2) is 16.6 Å². The molecule has 1 amide bonds. The van der Waals surface area contributed by atoms with Gasteiger partial charge in [-0.25, -0.2) is 0 Å². The summed E-state index contributed by atoms with van der Waals surface area (Å²) in [5, 5.41) is 2.28. The molecule has 0 fully saturated rings. The quantitative estimate of drug-likeness (QED) is 0.650. The first-order chi connectivity index (χ1) is 5.30. The van der Waals surface area contributed by atoms with Gasteiger partial charge >= 0.3 is 0 Å². The highest BCUT2D eigenvalue weighted by Gasteiger charge is 2.34. The molecule has 4 heteroatoms. The van der Waals surface area contributed by atoms with Crippen LogP contribution in [-0.2, 0) is 9.59 Å². The fourth-order valence-electron chi connectivity index (χ4n) is 0.810. The lowest BCUT2D eigenvalue weighted by Crippen LogP contribution is -2.53. The number of hydrogen-bond acceptors (Lipinski definition) is 2. The van der Waals surface area contributed by atoms with Gasteiger partial charge < -0.3 is 5.32 Å². The summed E-state index contributed by atoms with van der Waals surface area (Å²) in [5.74, 6) is -0.181. The van der Waals surface area contributed by atoms with Gasteiger partial charge in [0.1, 0.15) is 5.54 Å². The Kier molecular flexibility index (Phi) is 3.77. The largest absolute Gasteiger partial charge is 0.343 e. The molecule has 0 saturated carbocycles. The van der Waals surface area contributed by atoms with E-state index in [2.05, 4.69) is 17.9 Å². The van der Waals surface area contributed by atoms with Crippen LogP contribution in [0.3, 0.4) is 0 Å². The molecule has 0 aliphatic carbocycles. The molecule has 0 heterocycles. The molecule has 0 aromatic heterocycles. The van der Waals surface area contributed by atoms with Crippen LogP contribution in [0.4, 0.5) is 0 Å². The first-order valence-electron chi connectivity index (χ1n) is 3.83. The molecule has 0 spiro atoms. The summed E-state index contributed by atoms with van der Waals surface area (Å²) in [6.07, 6.45) is 0. The minimum absolute atomic E-state index is 0.0337. The lowest BCUT2D eigenvalue weighted by atomic mass is 9.90. The zero-order valence-electron chi connectivity index (χ0n) is 7.84. The van der Waals surface area contributed by atoms with Crippen molar-refractivity contribution in [2.45, 2.75) is 33.2 Å². The first kappa shape index (κ1) is 11.5. The summed E-state index contributed by atoms with van der Waals surface area (Å²) < 4.78 is 0. The van der Waals surface area contributed by atoms with Crippen LogP contribution in [0.15, 0.2) is 0 Å². The van der Waals surface area contributed by atoms with Gasteiger partial charge in [0.15, 0.2) is 0 Å². The molecular weight excluding hydrogens is 174 g/mol. The average Bonchev–Trinajstić information content (AvgIpc) is 1.84. The maximum atomic E-state index is 11.1. The van der Waals surface area contributed by atoms with Crippen LogP contribution < -0.4 is 5.32 Å². The number of rotatable bonds is 3. The van der Waals surface area contributed by atoms with E-state index in [1.165, 1.54) is 6.92 Å². The van der Waals surface area contributed by atoms with Gasteiger partial charge in [-0.1, -0.05) is 13.8 Å². The summed E-state index contributed by atoms with van der Waals surface area (Å²) >= 11 is 3.74. The van der Waals surface area contributed by atoms with Crippen molar-refractivity contribution < 1.29 is 9.59 Å². The zero-order valence-corrected chi connectivity index (χ0v) is 8.74. The van der Waals surface area contributed by atoms with Crippen LogP contribution in [0.1, 0.15) is 27.7 Å². The Labute approximate surface area is 78.3 Å². The maximum absolute atomic E-state index is 11.1. The molecule has 0 aromatic rings. The maximum Gasteiger partial charge on any atom is 0.217 e. The van der Waals surface area contributed by atoms with Gasteiger partial charge in [-0.3, -0.25) is 9.59 Å². The molecule has 0 bridgehead atoms. The zero-order chi connectivity index (χ0) is 9.94. The SMILES string of the molecule is CC(=O)NC(C)(C(=O)S)C(C)C. The highest BCUT2D eigenvalue weighted by Crippen LogP contribution is 2.19. The van der Waals surface area contributed by atoms with Crippen LogP contribution >= 0.6 is 12.6 Å². The van der Waals surface area contributed by atoms with Gasteiger partial charge in [0.05, 0.1) is 0 Å². The fraction of sp³-hybridized carbons (Fsp3) is 0.750. The van der Waals surface area contributed by atoms with Crippen molar-refractivity contribution in [1.82, 2.24) is 5.32 Å². The number of hydrogen-bond donors (Lipinski definition) is 2. The van der Waals surface area contributed by atoms with Gasteiger partial charge in [-0.15, -0.1) is 12.6 Å². The third-order valence-electron chi connectivity index (χ3n) is 2.03. The smallest absolute Gasteiger partial charge is 0.217 e. The van der Waals surface area contributed by atoms with Gasteiger partial charge in [0.2, 0.25) is 11.0 Å². The van der Waals surface area contributed by atoms with E-state index in [0.29, 0.717) is 0 Å². The summed E-state index contributed by atoms with van der Waals surface area (Å²) in [6, 6.07) is 0. The Morgan fingerprint density at radius 3 is 1.92 bits per heavy atom. The van der Waals surface area contributed by atoms with E-state index in [1.807, 2.05) is 13.8 Å². The van der Waals surface area contributed by atoms with Crippen molar-refractivity contribution in [2.24, 2.45) is 5.92 Å². The van der Waals surface area contributed by atoms with Crippen LogP contribution in [0.25, 0.3) is 0 Å². The normalized spacial score (nSPS) is 15.5. The Balaban J connectivity index is 4.62. The Hall–Kier alpha value is -0.510. The van der Waals surface area contributed by atoms with Crippen molar-refractivity contribution >= 4 is 23.7 Å². The number of thiol groups is 1. The molecule has 0 rings (SSSR count). The van der Waals surface area contributed by atoms with E-state index < -0.39 is 5.54 Å². The van der Waals surface area contributed by atoms with Crippen molar-refractivity contribution in [2.75, 3.05) is 0 Å². The van der Waals surface area contributed by atoms with Crippen LogP contribution in [0.2, 0.25) is 0 Å². The Bertz CT molecular complexity index is 203. The van der Waals surface area contributed by atoms with E-state index in [-0.39, 0.29) is 16.9 Å². The highest BCUT2D eigenvalue weighted by molar-refractivity contribution is 7.96. The standard InChI is InChI=1S/C8H15NO2S/c1-5(2)8(4,7(11)12)9-6(3)10/h5H,1-4H3,(H,9,10)(H,11,12). The lowest BCUT2D eigenvalue weighted by molar-refractivity contribution is -0.127. The van der Waals surface area contributed by atoms with Crippen LogP contribution in [0, 0.1) is 5.92 Å². The number of nitrogens with one attached hydrogen (secondary N) is 1. The molecule has 0 aliphatic rings. The molecule has 0 aromatic carbocycles. The topological polar surface area (TPSA) is 46.2 Å². The van der Waals surface area contributed by atoms with Crippen LogP contribution in [0.5, 0.6) is 0 Å². The van der Waals surface area contributed by atoms with E-state index in [0.717, 1.165) is 0 Å². The number of carbonyl (C=O) groups is 2. The number of amides is 1. The minimum Gasteiger partial charge on any atom is -0.343 e. The second-order valence-electron chi connectivity index (χ2n) is 3.34. The summed E-state index contributed by atoms with van der Waals surface area (Å²) in [7, 11) is 0. The van der Waals surface area contributed by atoms with E-state index >= 15 is 0 Å². The third-order valence-corrected chi connectivity index (χ3v) is 2.50. The first-order valence-corrected chi connectivity index (χ1v) is 4.27. The lowest BCUT2D eigenvalue weighted by Gasteiger charge is -2.30. The Morgan fingerprint density at radius 2 is 1.83 bits per heavy atom. The Morgan fingerprint density at radius 1 is 1.42 bits per heavy atom. The second kappa shape index (κ2) is 3.94. The van der Waals surface area contributed by atoms with E-state index in [9.17, 15) is 9.59 Å². The monoisotopic (exact) mass is 189 g/mol. The summed E-state index contributed by atoms with van der Waals surface area (Å²) in [5.41, 5.74) is -0.852. The molecule has 12 heavy (non-hydrogen) atoms. The molecule has 3 nitrogen and oxygen atoms in total. The van der Waals surface area contributed by atoms with E-state index in [4.69, 9.17) is 0 Å². The van der Waals surface area contributed by atoms with Gasteiger partial charge in [0, 0.05) is 6.92 Å². The fourth-order valence-corrected chi connectivity index (χ4v) is 1.12. The highest BCUT2D eigenvalue weighted by atomic mass is 32.1. The molecule has 0 radical (unpaired) electrons. The molecular formula is C8H15NO2S. The molecule has 1 N–H and O–H groups in total. The number of carbonyl (C=O) groups excluding carboxylic acids is 2. The van der Waals surface area contributed by atoms with Crippen molar-refractivity contribution in [3.05, 3.63) is 0 Å². The molecule has 1 unspecified atom stereocenters. The predicted molar refractivity (Wildman–Crippen MR) is 51.1 cm³/mol. The van der Waals surface area contributed by atoms with Gasteiger partial charge in [-0.2, -0.15) is 0 Å². The van der Waals surface area contributed by atoms with Crippen molar-refractivity contribution in [3.63, 3.8) is 0 Å². The van der Waals surface area contributed by atoms with Gasteiger partial charge in [0.25, 0.3) is 0 Å². The average molecular weight is 189 g/mol. The van der Waals surface area contributed by atoms with E-state index in [1.54, 1.807) is 6.92 Å². The molecule has 0 saturated heterocycles. The van der Waals surface area contributed by atoms with Crippen molar-refractivity contribution in [1.29, 1.82) is 0 Å². The minimum atomic E-state index is -0.852. The van der Waals surface area contributed by atoms with Gasteiger partial charge in [-0.05, 0) is 12.8 Å². The third kappa shape index (κ3) is 2.52. The predicted octanol–water partition coefficient (Wildman–Crippen LogP) is 0.994. The summed E-state index contributed by atoms with van der Waals surface area (Å²) in [6.45, 7) is 6.79. The second-order valence-corrected chi connectivity index (χ2v) is 3.75. The van der Waals surface area contributed by atoms with Crippen molar-refractivity contribution in [3.8, 4) is 0 Å².